The van der Waals surface area contributed by atoms with Crippen molar-refractivity contribution in [2.24, 2.45) is 5.92 Å². The number of benzene rings is 1. The molecule has 1 heterocycles. The van der Waals surface area contributed by atoms with Gasteiger partial charge in [0.25, 0.3) is 0 Å². The molecule has 2 N–H and O–H groups in total. The zero-order chi connectivity index (χ0) is 13.0. The van der Waals surface area contributed by atoms with Crippen LogP contribution in [0.5, 0.6) is 5.75 Å². The Bertz CT molecular complexity index is 397. The van der Waals surface area contributed by atoms with E-state index in [1.165, 1.54) is 5.56 Å². The average molecular weight is 314 g/mol. The lowest BCUT2D eigenvalue weighted by molar-refractivity contribution is 0.229. The van der Waals surface area contributed by atoms with Crippen LogP contribution in [0.2, 0.25) is 0 Å². The van der Waals surface area contributed by atoms with Crippen LogP contribution in [0.3, 0.4) is 0 Å². The standard InChI is InChI=1S/C14H20BrNO2/c1-10(9-17)8-16-13-3-2-6-18-14-7-11(15)4-5-12(13)14/h4-5,7,10,13,16-17H,2-3,6,8-9H2,1H3. The molecule has 2 atom stereocenters. The first-order valence-electron chi connectivity index (χ1n) is 6.47. The highest BCUT2D eigenvalue weighted by Crippen LogP contribution is 2.33. The Hall–Kier alpha value is -0.580. The predicted octanol–water partition coefficient (Wildman–Crippen LogP) is 2.88. The number of rotatable bonds is 4. The maximum Gasteiger partial charge on any atom is 0.125 e. The minimum absolute atomic E-state index is 0.226. The number of hydrogen-bond donors (Lipinski definition) is 2. The maximum atomic E-state index is 9.08. The van der Waals surface area contributed by atoms with Gasteiger partial charge in [-0.05, 0) is 30.9 Å². The van der Waals surface area contributed by atoms with E-state index in [4.69, 9.17) is 9.84 Å². The Balaban J connectivity index is 2.11. The van der Waals surface area contributed by atoms with Gasteiger partial charge in [0, 0.05) is 29.2 Å². The van der Waals surface area contributed by atoms with Gasteiger partial charge in [-0.15, -0.1) is 0 Å². The highest BCUT2D eigenvalue weighted by Gasteiger charge is 2.19. The summed E-state index contributed by atoms with van der Waals surface area (Å²) in [5.74, 6) is 1.25. The molecule has 0 fully saturated rings. The molecule has 1 aliphatic heterocycles. The molecule has 0 bridgehead atoms. The fourth-order valence-electron chi connectivity index (χ4n) is 2.17. The summed E-state index contributed by atoms with van der Waals surface area (Å²) in [6.07, 6.45) is 2.13. The van der Waals surface area contributed by atoms with E-state index >= 15 is 0 Å². The number of hydrogen-bond acceptors (Lipinski definition) is 3. The highest BCUT2D eigenvalue weighted by atomic mass is 79.9. The van der Waals surface area contributed by atoms with Gasteiger partial charge in [-0.25, -0.2) is 0 Å². The van der Waals surface area contributed by atoms with Crippen molar-refractivity contribution in [3.63, 3.8) is 0 Å². The van der Waals surface area contributed by atoms with Gasteiger partial charge >= 0.3 is 0 Å². The summed E-state index contributed by atoms with van der Waals surface area (Å²) in [4.78, 5) is 0. The van der Waals surface area contributed by atoms with Gasteiger partial charge < -0.3 is 15.2 Å². The van der Waals surface area contributed by atoms with E-state index in [1.807, 2.05) is 13.0 Å². The summed E-state index contributed by atoms with van der Waals surface area (Å²) in [5.41, 5.74) is 1.22. The maximum absolute atomic E-state index is 9.08. The van der Waals surface area contributed by atoms with Gasteiger partial charge in [-0.1, -0.05) is 28.9 Å². The van der Waals surface area contributed by atoms with Crippen molar-refractivity contribution < 1.29 is 9.84 Å². The van der Waals surface area contributed by atoms with Crippen LogP contribution in [-0.4, -0.2) is 24.9 Å². The summed E-state index contributed by atoms with van der Waals surface area (Å²) < 4.78 is 6.82. The Morgan fingerprint density at radius 2 is 2.39 bits per heavy atom. The SMILES string of the molecule is CC(CO)CNC1CCCOc2cc(Br)ccc21. The molecule has 4 heteroatoms. The molecule has 100 valence electrons. The summed E-state index contributed by atoms with van der Waals surface area (Å²) in [6.45, 7) is 3.87. The fraction of sp³-hybridized carbons (Fsp3) is 0.571. The van der Waals surface area contributed by atoms with Gasteiger partial charge in [0.15, 0.2) is 0 Å². The van der Waals surface area contributed by atoms with E-state index in [-0.39, 0.29) is 12.5 Å². The van der Waals surface area contributed by atoms with Crippen molar-refractivity contribution in [3.05, 3.63) is 28.2 Å². The Labute approximate surface area is 117 Å². The van der Waals surface area contributed by atoms with Gasteiger partial charge in [-0.3, -0.25) is 0 Å². The van der Waals surface area contributed by atoms with Crippen LogP contribution in [0.15, 0.2) is 22.7 Å². The third-order valence-electron chi connectivity index (χ3n) is 3.27. The first-order valence-corrected chi connectivity index (χ1v) is 7.26. The molecule has 0 saturated carbocycles. The van der Waals surface area contributed by atoms with E-state index in [1.54, 1.807) is 0 Å². The van der Waals surface area contributed by atoms with Crippen LogP contribution >= 0.6 is 15.9 Å². The van der Waals surface area contributed by atoms with Crippen LogP contribution in [0.1, 0.15) is 31.4 Å². The molecule has 0 spiro atoms. The molecule has 2 unspecified atom stereocenters. The largest absolute Gasteiger partial charge is 0.493 e. The number of aliphatic hydroxyl groups is 1. The van der Waals surface area contributed by atoms with Crippen molar-refractivity contribution in [1.82, 2.24) is 5.32 Å². The van der Waals surface area contributed by atoms with E-state index in [9.17, 15) is 0 Å². The third-order valence-corrected chi connectivity index (χ3v) is 3.76. The monoisotopic (exact) mass is 313 g/mol. The Morgan fingerprint density at radius 3 is 3.17 bits per heavy atom. The third kappa shape index (κ3) is 3.46. The number of ether oxygens (including phenoxy) is 1. The lowest BCUT2D eigenvalue weighted by Crippen LogP contribution is -2.27. The van der Waals surface area contributed by atoms with Crippen LogP contribution in [0, 0.1) is 5.92 Å². The van der Waals surface area contributed by atoms with Gasteiger partial charge in [-0.2, -0.15) is 0 Å². The van der Waals surface area contributed by atoms with Gasteiger partial charge in [0.05, 0.1) is 6.61 Å². The zero-order valence-electron chi connectivity index (χ0n) is 10.7. The molecule has 0 aromatic heterocycles. The molecule has 1 aliphatic rings. The molecular formula is C14H20BrNO2. The van der Waals surface area contributed by atoms with Crippen LogP contribution in [0.25, 0.3) is 0 Å². The van der Waals surface area contributed by atoms with Crippen molar-refractivity contribution in [2.45, 2.75) is 25.8 Å². The molecule has 1 aromatic rings. The molecule has 0 saturated heterocycles. The molecule has 1 aromatic carbocycles. The molecule has 0 amide bonds. The zero-order valence-corrected chi connectivity index (χ0v) is 12.2. The number of nitrogens with one attached hydrogen (secondary N) is 1. The Kier molecular flexibility index (Phi) is 5.03. The second kappa shape index (κ2) is 6.55. The predicted molar refractivity (Wildman–Crippen MR) is 75.9 cm³/mol. The van der Waals surface area contributed by atoms with Crippen molar-refractivity contribution in [3.8, 4) is 5.75 Å². The lowest BCUT2D eigenvalue weighted by Gasteiger charge is -2.20. The second-order valence-corrected chi connectivity index (χ2v) is 5.84. The normalized spacial score (nSPS) is 20.7. The van der Waals surface area contributed by atoms with Gasteiger partial charge in [0.2, 0.25) is 0 Å². The molecule has 0 aliphatic carbocycles. The first-order chi connectivity index (χ1) is 8.70. The molecule has 3 nitrogen and oxygen atoms in total. The van der Waals surface area contributed by atoms with E-state index in [0.717, 1.165) is 36.2 Å². The lowest BCUT2D eigenvalue weighted by atomic mass is 10.0. The molecular weight excluding hydrogens is 294 g/mol. The van der Waals surface area contributed by atoms with Crippen molar-refractivity contribution in [2.75, 3.05) is 19.8 Å². The van der Waals surface area contributed by atoms with E-state index in [0.29, 0.717) is 6.04 Å². The fourth-order valence-corrected chi connectivity index (χ4v) is 2.51. The quantitative estimate of drug-likeness (QED) is 0.898. The number of aliphatic hydroxyl groups excluding tert-OH is 1. The van der Waals surface area contributed by atoms with Crippen molar-refractivity contribution >= 4 is 15.9 Å². The van der Waals surface area contributed by atoms with E-state index in [2.05, 4.69) is 33.4 Å². The topological polar surface area (TPSA) is 41.5 Å². The summed E-state index contributed by atoms with van der Waals surface area (Å²) >= 11 is 3.48. The summed E-state index contributed by atoms with van der Waals surface area (Å²) in [6, 6.07) is 6.53. The Morgan fingerprint density at radius 1 is 1.56 bits per heavy atom. The van der Waals surface area contributed by atoms with Crippen molar-refractivity contribution in [1.29, 1.82) is 0 Å². The van der Waals surface area contributed by atoms with Crippen LogP contribution in [0.4, 0.5) is 0 Å². The number of fused-ring (bicyclic) bond motifs is 1. The highest BCUT2D eigenvalue weighted by molar-refractivity contribution is 9.10. The number of halogens is 1. The minimum Gasteiger partial charge on any atom is -0.493 e. The summed E-state index contributed by atoms with van der Waals surface area (Å²) in [5, 5.41) is 12.6. The van der Waals surface area contributed by atoms with Crippen LogP contribution < -0.4 is 10.1 Å². The first kappa shape index (κ1) is 13.8. The second-order valence-electron chi connectivity index (χ2n) is 4.92. The van der Waals surface area contributed by atoms with E-state index < -0.39 is 0 Å². The average Bonchev–Trinajstić information content (AvgIpc) is 2.57. The minimum atomic E-state index is 0.226. The molecule has 2 rings (SSSR count). The summed E-state index contributed by atoms with van der Waals surface area (Å²) in [7, 11) is 0. The smallest absolute Gasteiger partial charge is 0.125 e. The van der Waals surface area contributed by atoms with Gasteiger partial charge in [0.1, 0.15) is 5.75 Å². The molecule has 0 radical (unpaired) electrons. The van der Waals surface area contributed by atoms with Crippen LogP contribution in [-0.2, 0) is 0 Å². The molecule has 18 heavy (non-hydrogen) atoms.